The molecule has 4 rings (SSSR count). The molecule has 9 heteroatoms. The summed E-state index contributed by atoms with van der Waals surface area (Å²) >= 11 is 13.3. The second-order valence-electron chi connectivity index (χ2n) is 7.43. The third-order valence-electron chi connectivity index (χ3n) is 4.86. The van der Waals surface area contributed by atoms with Crippen LogP contribution in [0, 0.1) is 0 Å². The van der Waals surface area contributed by atoms with Crippen LogP contribution in [0.25, 0.3) is 0 Å². The lowest BCUT2D eigenvalue weighted by molar-refractivity contribution is 0.0528. The number of aromatic nitrogens is 2. The second kappa shape index (κ2) is 11.3. The van der Waals surface area contributed by atoms with Crippen molar-refractivity contribution in [3.8, 4) is 0 Å². The number of ether oxygens (including phenoxy) is 1. The molecule has 0 atom stereocenters. The Bertz CT molecular complexity index is 1270. The Kier molecular flexibility index (Phi) is 7.95. The van der Waals surface area contributed by atoms with Crippen molar-refractivity contribution in [1.29, 1.82) is 0 Å². The Morgan fingerprint density at radius 2 is 1.76 bits per heavy atom. The Hall–Kier alpha value is -3.20. The van der Waals surface area contributed by atoms with Gasteiger partial charge in [0.05, 0.1) is 18.7 Å². The topological polar surface area (TPSA) is 68.2 Å². The molecule has 4 aromatic rings. The Labute approximate surface area is 212 Å². The van der Waals surface area contributed by atoms with Gasteiger partial charge in [-0.3, -0.25) is 4.68 Å². The van der Waals surface area contributed by atoms with E-state index in [2.05, 4.69) is 27.9 Å². The summed E-state index contributed by atoms with van der Waals surface area (Å²) in [4.78, 5) is 13.6. The molecule has 0 amide bonds. The molecule has 0 bridgehead atoms. The summed E-state index contributed by atoms with van der Waals surface area (Å²) in [6.45, 7) is 2.66. The fourth-order valence-electron chi connectivity index (χ4n) is 3.35. The van der Waals surface area contributed by atoms with Crippen molar-refractivity contribution in [2.24, 2.45) is 0 Å². The number of benzene rings is 2. The highest BCUT2D eigenvalue weighted by Crippen LogP contribution is 2.31. The van der Waals surface area contributed by atoms with Gasteiger partial charge in [0.15, 0.2) is 10.9 Å². The van der Waals surface area contributed by atoms with E-state index in [0.717, 1.165) is 16.0 Å². The standard InChI is InChI=1S/C25H23ClN4O2S2/c1-2-32-24(31)20-14-19(13-17-9-5-3-6-10-17)34-23(20)28-25(33)27-22-21(26)16-30(29-22)15-18-11-7-4-8-12-18/h3-12,14,16H,2,13,15H2,1H3,(H2,27,28,29,33). The number of hydrogen-bond acceptors (Lipinski definition) is 5. The van der Waals surface area contributed by atoms with Crippen LogP contribution in [0.4, 0.5) is 10.8 Å². The van der Waals surface area contributed by atoms with Crippen molar-refractivity contribution in [3.05, 3.63) is 99.5 Å². The zero-order valence-corrected chi connectivity index (χ0v) is 20.8. The van der Waals surface area contributed by atoms with E-state index in [1.165, 1.54) is 11.3 Å². The Balaban J connectivity index is 1.48. The lowest BCUT2D eigenvalue weighted by Gasteiger charge is -2.09. The fraction of sp³-hybridized carbons (Fsp3) is 0.160. The summed E-state index contributed by atoms with van der Waals surface area (Å²) in [5.74, 6) is 0.0439. The molecule has 2 heterocycles. The van der Waals surface area contributed by atoms with Gasteiger partial charge >= 0.3 is 5.97 Å². The molecule has 34 heavy (non-hydrogen) atoms. The maximum Gasteiger partial charge on any atom is 0.341 e. The van der Waals surface area contributed by atoms with Gasteiger partial charge in [-0.1, -0.05) is 72.3 Å². The normalized spacial score (nSPS) is 10.6. The van der Waals surface area contributed by atoms with E-state index in [0.29, 0.717) is 41.0 Å². The highest BCUT2D eigenvalue weighted by atomic mass is 35.5. The molecule has 2 N–H and O–H groups in total. The van der Waals surface area contributed by atoms with Gasteiger partial charge in [-0.25, -0.2) is 4.79 Å². The van der Waals surface area contributed by atoms with Crippen LogP contribution in [0.5, 0.6) is 0 Å². The van der Waals surface area contributed by atoms with Crippen molar-refractivity contribution in [3.63, 3.8) is 0 Å². The summed E-state index contributed by atoms with van der Waals surface area (Å²) in [7, 11) is 0. The summed E-state index contributed by atoms with van der Waals surface area (Å²) in [6.07, 6.45) is 2.45. The largest absolute Gasteiger partial charge is 0.462 e. The summed E-state index contributed by atoms with van der Waals surface area (Å²) in [5, 5.41) is 12.0. The minimum atomic E-state index is -0.395. The predicted octanol–water partition coefficient (Wildman–Crippen LogP) is 6.22. The van der Waals surface area contributed by atoms with Crippen LogP contribution in [-0.2, 0) is 17.7 Å². The van der Waals surface area contributed by atoms with Crippen LogP contribution in [0.1, 0.15) is 33.3 Å². The summed E-state index contributed by atoms with van der Waals surface area (Å²) in [6, 6.07) is 21.9. The second-order valence-corrected chi connectivity index (χ2v) is 9.38. The van der Waals surface area contributed by atoms with Gasteiger partial charge in [-0.2, -0.15) is 5.10 Å². The summed E-state index contributed by atoms with van der Waals surface area (Å²) < 4.78 is 6.98. The SMILES string of the molecule is CCOC(=O)c1cc(Cc2ccccc2)sc1NC(=S)Nc1nn(Cc2ccccc2)cc1Cl. The number of nitrogens with one attached hydrogen (secondary N) is 2. The van der Waals surface area contributed by atoms with E-state index in [1.807, 2.05) is 54.6 Å². The monoisotopic (exact) mass is 510 g/mol. The van der Waals surface area contributed by atoms with Crippen LogP contribution in [-0.4, -0.2) is 27.5 Å². The maximum absolute atomic E-state index is 12.5. The molecule has 0 saturated carbocycles. The number of rotatable bonds is 8. The molecular weight excluding hydrogens is 488 g/mol. The number of thiophene rings is 1. The molecule has 0 radical (unpaired) electrons. The van der Waals surface area contributed by atoms with Crippen molar-refractivity contribution >= 4 is 57.1 Å². The number of anilines is 2. The maximum atomic E-state index is 12.5. The summed E-state index contributed by atoms with van der Waals surface area (Å²) in [5.41, 5.74) is 2.71. The fourth-order valence-corrected chi connectivity index (χ4v) is 4.90. The molecule has 6 nitrogen and oxygen atoms in total. The van der Waals surface area contributed by atoms with Crippen LogP contribution in [0.3, 0.4) is 0 Å². The molecule has 0 aliphatic carbocycles. The number of hydrogen-bond donors (Lipinski definition) is 2. The van der Waals surface area contributed by atoms with Gasteiger partial charge in [0.25, 0.3) is 0 Å². The van der Waals surface area contributed by atoms with Crippen LogP contribution >= 0.6 is 35.2 Å². The minimum absolute atomic E-state index is 0.283. The van der Waals surface area contributed by atoms with Gasteiger partial charge in [-0.05, 0) is 36.3 Å². The van der Waals surface area contributed by atoms with E-state index < -0.39 is 5.97 Å². The van der Waals surface area contributed by atoms with E-state index in [4.69, 9.17) is 28.6 Å². The van der Waals surface area contributed by atoms with Gasteiger partial charge in [0.2, 0.25) is 0 Å². The van der Waals surface area contributed by atoms with E-state index in [9.17, 15) is 4.79 Å². The molecule has 0 fully saturated rings. The van der Waals surface area contributed by atoms with E-state index in [1.54, 1.807) is 17.8 Å². The zero-order chi connectivity index (χ0) is 23.9. The Morgan fingerprint density at radius 1 is 1.09 bits per heavy atom. The van der Waals surface area contributed by atoms with Gasteiger partial charge in [0.1, 0.15) is 10.0 Å². The first kappa shape index (κ1) is 23.9. The average Bonchev–Trinajstić information content (AvgIpc) is 3.37. The number of carbonyl (C=O) groups is 1. The van der Waals surface area contributed by atoms with Crippen molar-refractivity contribution in [2.45, 2.75) is 19.9 Å². The lowest BCUT2D eigenvalue weighted by Crippen LogP contribution is -2.20. The van der Waals surface area contributed by atoms with Crippen LogP contribution in [0.2, 0.25) is 5.02 Å². The highest BCUT2D eigenvalue weighted by molar-refractivity contribution is 7.80. The van der Waals surface area contributed by atoms with Crippen molar-refractivity contribution in [1.82, 2.24) is 9.78 Å². The third-order valence-corrected chi connectivity index (χ3v) is 6.39. The van der Waals surface area contributed by atoms with Crippen LogP contribution < -0.4 is 10.6 Å². The molecule has 0 aliphatic heterocycles. The molecule has 0 unspecified atom stereocenters. The molecular formula is C25H23ClN4O2S2. The molecule has 0 saturated heterocycles. The molecule has 0 aliphatic rings. The van der Waals surface area contributed by atoms with Gasteiger partial charge in [-0.15, -0.1) is 11.3 Å². The van der Waals surface area contributed by atoms with Gasteiger partial charge < -0.3 is 15.4 Å². The average molecular weight is 511 g/mol. The van der Waals surface area contributed by atoms with Gasteiger partial charge in [0, 0.05) is 17.5 Å². The van der Waals surface area contributed by atoms with Crippen molar-refractivity contribution in [2.75, 3.05) is 17.2 Å². The number of carbonyl (C=O) groups excluding carboxylic acids is 1. The van der Waals surface area contributed by atoms with E-state index in [-0.39, 0.29) is 5.11 Å². The number of nitrogens with zero attached hydrogens (tertiary/aromatic N) is 2. The Morgan fingerprint density at radius 3 is 2.44 bits per heavy atom. The number of halogens is 1. The lowest BCUT2D eigenvalue weighted by atomic mass is 10.1. The zero-order valence-electron chi connectivity index (χ0n) is 18.5. The molecule has 0 spiro atoms. The first-order valence-corrected chi connectivity index (χ1v) is 12.3. The number of thiocarbonyl (C=S) groups is 1. The van der Waals surface area contributed by atoms with Crippen molar-refractivity contribution < 1.29 is 9.53 Å². The first-order chi connectivity index (χ1) is 16.5. The highest BCUT2D eigenvalue weighted by Gasteiger charge is 2.19. The van der Waals surface area contributed by atoms with Crippen LogP contribution in [0.15, 0.2) is 72.9 Å². The molecule has 174 valence electrons. The minimum Gasteiger partial charge on any atom is -0.462 e. The van der Waals surface area contributed by atoms with E-state index >= 15 is 0 Å². The molecule has 2 aromatic heterocycles. The quantitative estimate of drug-likeness (QED) is 0.216. The smallest absolute Gasteiger partial charge is 0.341 e. The molecule has 2 aromatic carbocycles. The first-order valence-electron chi connectivity index (χ1n) is 10.7. The predicted molar refractivity (Wildman–Crippen MR) is 142 cm³/mol. The third kappa shape index (κ3) is 6.22. The number of esters is 1.